The van der Waals surface area contributed by atoms with Crippen molar-refractivity contribution in [2.45, 2.75) is 6.92 Å². The minimum atomic E-state index is 1.09. The molecule has 1 heteroatoms. The molecule has 0 saturated heterocycles. The van der Waals surface area contributed by atoms with Crippen molar-refractivity contribution in [3.8, 4) is 0 Å². The Labute approximate surface area is 73.4 Å². The predicted octanol–water partition coefficient (Wildman–Crippen LogP) is 3.19. The zero-order valence-corrected chi connectivity index (χ0v) is 7.25. The molecule has 0 aliphatic rings. The molecule has 0 spiro atoms. The molecule has 0 fully saturated rings. The van der Waals surface area contributed by atoms with Gasteiger partial charge in [0.2, 0.25) is 0 Å². The summed E-state index contributed by atoms with van der Waals surface area (Å²) in [4.78, 5) is 0. The minimum Gasteiger partial charge on any atom is -0.359 e. The van der Waals surface area contributed by atoms with Crippen molar-refractivity contribution in [2.75, 3.05) is 5.32 Å². The molecule has 0 radical (unpaired) electrons. The van der Waals surface area contributed by atoms with Crippen LogP contribution in [0.15, 0.2) is 54.8 Å². The predicted molar refractivity (Wildman–Crippen MR) is 54.0 cm³/mol. The standard InChI is InChI=1S/C11H13N/c1-3-7-10(2)12-11-8-5-4-6-9-11/h3-9,12H,1H2,2H3/b10-7-. The lowest BCUT2D eigenvalue weighted by molar-refractivity contribution is 1.38. The molecule has 0 amide bonds. The SMILES string of the molecule is C=C/C=C(/C)Nc1ccccc1. The van der Waals surface area contributed by atoms with Crippen molar-refractivity contribution in [3.63, 3.8) is 0 Å². The second-order valence-corrected chi connectivity index (χ2v) is 2.58. The molecule has 1 nitrogen and oxygen atoms in total. The third kappa shape index (κ3) is 2.62. The fourth-order valence-electron chi connectivity index (χ4n) is 0.968. The molecule has 62 valence electrons. The summed E-state index contributed by atoms with van der Waals surface area (Å²) in [7, 11) is 0. The Morgan fingerprint density at radius 3 is 2.58 bits per heavy atom. The normalized spacial score (nSPS) is 10.9. The van der Waals surface area contributed by atoms with Gasteiger partial charge >= 0.3 is 0 Å². The van der Waals surface area contributed by atoms with Gasteiger partial charge in [-0.25, -0.2) is 0 Å². The van der Waals surface area contributed by atoms with Crippen LogP contribution in [0.5, 0.6) is 0 Å². The van der Waals surface area contributed by atoms with E-state index in [1.54, 1.807) is 6.08 Å². The van der Waals surface area contributed by atoms with E-state index < -0.39 is 0 Å². The third-order valence-corrected chi connectivity index (χ3v) is 1.48. The summed E-state index contributed by atoms with van der Waals surface area (Å²) in [5.74, 6) is 0. The van der Waals surface area contributed by atoms with Crippen LogP contribution in [0, 0.1) is 0 Å². The molecular weight excluding hydrogens is 146 g/mol. The minimum absolute atomic E-state index is 1.09. The first-order valence-electron chi connectivity index (χ1n) is 3.94. The van der Waals surface area contributed by atoms with Crippen LogP contribution in [0.25, 0.3) is 0 Å². The Kier molecular flexibility index (Phi) is 3.15. The Hall–Kier alpha value is -1.50. The van der Waals surface area contributed by atoms with Gasteiger partial charge in [0.1, 0.15) is 0 Å². The van der Waals surface area contributed by atoms with Crippen molar-refractivity contribution in [3.05, 3.63) is 54.8 Å². The molecule has 0 heterocycles. The molecule has 0 saturated carbocycles. The summed E-state index contributed by atoms with van der Waals surface area (Å²) in [6.45, 7) is 5.63. The molecule has 0 atom stereocenters. The van der Waals surface area contributed by atoms with Crippen LogP contribution in [-0.2, 0) is 0 Å². The molecule has 1 rings (SSSR count). The highest BCUT2D eigenvalue weighted by atomic mass is 14.9. The third-order valence-electron chi connectivity index (χ3n) is 1.48. The molecule has 1 aromatic carbocycles. The monoisotopic (exact) mass is 159 g/mol. The van der Waals surface area contributed by atoms with Crippen LogP contribution in [0.2, 0.25) is 0 Å². The maximum Gasteiger partial charge on any atom is 0.0381 e. The van der Waals surface area contributed by atoms with E-state index in [0.717, 1.165) is 11.4 Å². The van der Waals surface area contributed by atoms with Crippen LogP contribution in [0.3, 0.4) is 0 Å². The number of hydrogen-bond acceptors (Lipinski definition) is 1. The van der Waals surface area contributed by atoms with Crippen LogP contribution in [0.4, 0.5) is 5.69 Å². The van der Waals surface area contributed by atoms with Crippen LogP contribution in [0.1, 0.15) is 6.92 Å². The Bertz CT molecular complexity index is 272. The highest BCUT2D eigenvalue weighted by Crippen LogP contribution is 2.07. The van der Waals surface area contributed by atoms with Gasteiger partial charge in [0.15, 0.2) is 0 Å². The number of anilines is 1. The molecule has 0 aliphatic carbocycles. The van der Waals surface area contributed by atoms with Gasteiger partial charge in [-0.3, -0.25) is 0 Å². The average Bonchev–Trinajstić information content (AvgIpc) is 2.06. The number of para-hydroxylation sites is 1. The molecule has 12 heavy (non-hydrogen) atoms. The van der Waals surface area contributed by atoms with Crippen molar-refractivity contribution in [2.24, 2.45) is 0 Å². The van der Waals surface area contributed by atoms with Gasteiger partial charge in [0, 0.05) is 11.4 Å². The topological polar surface area (TPSA) is 12.0 Å². The van der Waals surface area contributed by atoms with Gasteiger partial charge in [0.25, 0.3) is 0 Å². The van der Waals surface area contributed by atoms with Crippen molar-refractivity contribution >= 4 is 5.69 Å². The summed E-state index contributed by atoms with van der Waals surface area (Å²) in [5, 5.41) is 3.23. The smallest absolute Gasteiger partial charge is 0.0381 e. The number of benzene rings is 1. The van der Waals surface area contributed by atoms with E-state index in [1.165, 1.54) is 0 Å². The van der Waals surface area contributed by atoms with Gasteiger partial charge in [-0.1, -0.05) is 30.9 Å². The van der Waals surface area contributed by atoms with Crippen LogP contribution < -0.4 is 5.32 Å². The fraction of sp³-hybridized carbons (Fsp3) is 0.0909. The van der Waals surface area contributed by atoms with Crippen molar-refractivity contribution < 1.29 is 0 Å². The van der Waals surface area contributed by atoms with Crippen molar-refractivity contribution in [1.29, 1.82) is 0 Å². The van der Waals surface area contributed by atoms with Crippen LogP contribution >= 0.6 is 0 Å². The maximum atomic E-state index is 3.63. The zero-order chi connectivity index (χ0) is 8.81. The zero-order valence-electron chi connectivity index (χ0n) is 7.25. The van der Waals surface area contributed by atoms with E-state index in [-0.39, 0.29) is 0 Å². The fourth-order valence-corrected chi connectivity index (χ4v) is 0.968. The number of allylic oxidation sites excluding steroid dienone is 3. The number of nitrogens with one attached hydrogen (secondary N) is 1. The lowest BCUT2D eigenvalue weighted by atomic mass is 10.3. The van der Waals surface area contributed by atoms with E-state index in [2.05, 4.69) is 11.9 Å². The molecule has 0 aliphatic heterocycles. The lowest BCUT2D eigenvalue weighted by Crippen LogP contribution is -1.93. The Morgan fingerprint density at radius 1 is 1.33 bits per heavy atom. The number of hydrogen-bond donors (Lipinski definition) is 1. The Morgan fingerprint density at radius 2 is 2.00 bits per heavy atom. The Balaban J connectivity index is 2.64. The van der Waals surface area contributed by atoms with E-state index in [4.69, 9.17) is 0 Å². The van der Waals surface area contributed by atoms with Crippen LogP contribution in [-0.4, -0.2) is 0 Å². The summed E-state index contributed by atoms with van der Waals surface area (Å²) in [6, 6.07) is 10.1. The quantitative estimate of drug-likeness (QED) is 0.668. The van der Waals surface area contributed by atoms with Gasteiger partial charge in [0.05, 0.1) is 0 Å². The molecule has 1 aromatic rings. The number of rotatable bonds is 3. The van der Waals surface area contributed by atoms with E-state index in [0.29, 0.717) is 0 Å². The largest absolute Gasteiger partial charge is 0.359 e. The lowest BCUT2D eigenvalue weighted by Gasteiger charge is -2.04. The first-order valence-corrected chi connectivity index (χ1v) is 3.94. The first-order chi connectivity index (χ1) is 5.83. The van der Waals surface area contributed by atoms with E-state index in [9.17, 15) is 0 Å². The summed E-state index contributed by atoms with van der Waals surface area (Å²) >= 11 is 0. The van der Waals surface area contributed by atoms with Gasteiger partial charge in [-0.2, -0.15) is 0 Å². The molecule has 0 bridgehead atoms. The van der Waals surface area contributed by atoms with Crippen molar-refractivity contribution in [1.82, 2.24) is 0 Å². The maximum absolute atomic E-state index is 3.63. The molecular formula is C11H13N. The average molecular weight is 159 g/mol. The molecule has 0 aromatic heterocycles. The van der Waals surface area contributed by atoms with E-state index in [1.807, 2.05) is 43.3 Å². The highest BCUT2D eigenvalue weighted by Gasteiger charge is 1.87. The molecule has 1 N–H and O–H groups in total. The van der Waals surface area contributed by atoms with E-state index >= 15 is 0 Å². The van der Waals surface area contributed by atoms with Gasteiger partial charge in [-0.15, -0.1) is 0 Å². The first kappa shape index (κ1) is 8.60. The second kappa shape index (κ2) is 4.39. The highest BCUT2D eigenvalue weighted by molar-refractivity contribution is 5.47. The summed E-state index contributed by atoms with van der Waals surface area (Å²) in [5.41, 5.74) is 2.20. The second-order valence-electron chi connectivity index (χ2n) is 2.58. The van der Waals surface area contributed by atoms with Gasteiger partial charge < -0.3 is 5.32 Å². The van der Waals surface area contributed by atoms with Gasteiger partial charge in [-0.05, 0) is 25.1 Å². The summed E-state index contributed by atoms with van der Waals surface area (Å²) < 4.78 is 0. The summed E-state index contributed by atoms with van der Waals surface area (Å²) in [6.07, 6.45) is 3.71. The molecule has 0 unspecified atom stereocenters.